The van der Waals surface area contributed by atoms with Gasteiger partial charge in [-0.05, 0) is 65.8 Å². The van der Waals surface area contributed by atoms with Gasteiger partial charge in [0.15, 0.2) is 5.84 Å². The summed E-state index contributed by atoms with van der Waals surface area (Å²) in [6, 6.07) is 6.77. The lowest BCUT2D eigenvalue weighted by atomic mass is 10.1. The zero-order valence-electron chi connectivity index (χ0n) is 18.7. The maximum absolute atomic E-state index is 14.2. The van der Waals surface area contributed by atoms with Gasteiger partial charge >= 0.3 is 0 Å². The number of nitrogens with one attached hydrogen (secondary N) is 2. The number of likely N-dealkylation sites (tertiary alicyclic amines) is 1. The van der Waals surface area contributed by atoms with Crippen molar-refractivity contribution in [3.05, 3.63) is 41.9 Å². The third kappa shape index (κ3) is 5.67. The van der Waals surface area contributed by atoms with Gasteiger partial charge in [0.05, 0.1) is 11.9 Å². The van der Waals surface area contributed by atoms with Gasteiger partial charge in [-0.1, -0.05) is 24.6 Å². The second-order valence-electron chi connectivity index (χ2n) is 8.16. The Bertz CT molecular complexity index is 795. The number of benzene rings is 1. The molecule has 0 radical (unpaired) electrons. The van der Waals surface area contributed by atoms with Gasteiger partial charge in [-0.3, -0.25) is 10.2 Å². The molecular weight excluding hydrogens is 379 g/mol. The van der Waals surface area contributed by atoms with Crippen molar-refractivity contribution in [3.63, 3.8) is 0 Å². The summed E-state index contributed by atoms with van der Waals surface area (Å²) in [7, 11) is 0. The van der Waals surface area contributed by atoms with Crippen LogP contribution in [0, 0.1) is 5.82 Å². The van der Waals surface area contributed by atoms with Crippen LogP contribution in [0.3, 0.4) is 0 Å². The van der Waals surface area contributed by atoms with E-state index in [1.807, 2.05) is 17.9 Å². The zero-order valence-corrected chi connectivity index (χ0v) is 18.7. The molecule has 0 amide bonds. The Kier molecular flexibility index (Phi) is 7.99. The monoisotopic (exact) mass is 414 g/mol. The van der Waals surface area contributed by atoms with Crippen molar-refractivity contribution < 1.29 is 4.39 Å². The van der Waals surface area contributed by atoms with Crippen molar-refractivity contribution in [1.82, 2.24) is 15.1 Å². The van der Waals surface area contributed by atoms with E-state index in [0.29, 0.717) is 11.6 Å². The molecule has 7 heteroatoms. The fourth-order valence-corrected chi connectivity index (χ4v) is 3.87. The van der Waals surface area contributed by atoms with Crippen molar-refractivity contribution in [3.8, 4) is 0 Å². The minimum atomic E-state index is -0.302. The van der Waals surface area contributed by atoms with Crippen LogP contribution in [0.4, 0.5) is 10.1 Å². The third-order valence-corrected chi connectivity index (χ3v) is 5.45. The summed E-state index contributed by atoms with van der Waals surface area (Å²) >= 11 is 0. The fourth-order valence-electron chi connectivity index (χ4n) is 3.87. The highest BCUT2D eigenvalue weighted by molar-refractivity contribution is 6.18. The fraction of sp³-hybridized carbons (Fsp3) is 0.565. The van der Waals surface area contributed by atoms with Crippen LogP contribution in [0.1, 0.15) is 47.0 Å². The van der Waals surface area contributed by atoms with Crippen LogP contribution in [0.15, 0.2) is 46.0 Å². The van der Waals surface area contributed by atoms with E-state index in [1.165, 1.54) is 38.4 Å². The van der Waals surface area contributed by atoms with Crippen LogP contribution in [0.25, 0.3) is 0 Å². The quantitative estimate of drug-likeness (QED) is 0.707. The largest absolute Gasteiger partial charge is 0.323 e. The highest BCUT2D eigenvalue weighted by atomic mass is 19.1. The van der Waals surface area contributed by atoms with Gasteiger partial charge < -0.3 is 10.2 Å². The highest BCUT2D eigenvalue weighted by Gasteiger charge is 2.31. The smallest absolute Gasteiger partial charge is 0.209 e. The molecular formula is C23H35FN6. The first-order chi connectivity index (χ1) is 14.5. The van der Waals surface area contributed by atoms with E-state index in [9.17, 15) is 4.39 Å². The minimum Gasteiger partial charge on any atom is -0.323 e. The molecule has 0 bridgehead atoms. The lowest BCUT2D eigenvalue weighted by molar-refractivity contribution is 0.227. The molecule has 30 heavy (non-hydrogen) atoms. The minimum absolute atomic E-state index is 0.0380. The topological polar surface area (TPSA) is 55.3 Å². The summed E-state index contributed by atoms with van der Waals surface area (Å²) in [6.07, 6.45) is 5.88. The number of amidine groups is 1. The SMILES string of the molecule is C/C=C1/N=C(Nc2ccccc2F)N(C(C)C)/C1=N/C(C)NCCN1CCCCC1. The number of allylic oxidation sites excluding steroid dienone is 1. The maximum Gasteiger partial charge on any atom is 0.209 e. The number of aliphatic imine (C=N–C) groups is 2. The molecule has 2 N–H and O–H groups in total. The Labute approximate surface area is 180 Å². The van der Waals surface area contributed by atoms with Gasteiger partial charge in [0, 0.05) is 19.1 Å². The first-order valence-electron chi connectivity index (χ1n) is 11.1. The predicted molar refractivity (Wildman–Crippen MR) is 123 cm³/mol. The van der Waals surface area contributed by atoms with Crippen molar-refractivity contribution >= 4 is 17.5 Å². The van der Waals surface area contributed by atoms with Crippen LogP contribution < -0.4 is 10.6 Å². The van der Waals surface area contributed by atoms with E-state index in [2.05, 4.69) is 36.3 Å². The Morgan fingerprint density at radius 3 is 2.57 bits per heavy atom. The van der Waals surface area contributed by atoms with E-state index < -0.39 is 0 Å². The Hall–Kier alpha value is -2.25. The summed E-state index contributed by atoms with van der Waals surface area (Å²) in [6.45, 7) is 12.6. The van der Waals surface area contributed by atoms with Crippen molar-refractivity contribution in [2.45, 2.75) is 59.2 Å². The molecule has 1 aromatic rings. The van der Waals surface area contributed by atoms with E-state index in [0.717, 1.165) is 24.6 Å². The van der Waals surface area contributed by atoms with Gasteiger partial charge in [0.1, 0.15) is 11.5 Å². The number of nitrogens with zero attached hydrogens (tertiary/aromatic N) is 4. The number of anilines is 1. The lowest BCUT2D eigenvalue weighted by Gasteiger charge is -2.28. The first kappa shape index (κ1) is 22.4. The number of rotatable bonds is 7. The van der Waals surface area contributed by atoms with Crippen LogP contribution in [-0.2, 0) is 0 Å². The van der Waals surface area contributed by atoms with Crippen LogP contribution in [-0.4, -0.2) is 60.0 Å². The predicted octanol–water partition coefficient (Wildman–Crippen LogP) is 4.04. The molecule has 0 aliphatic carbocycles. The summed E-state index contributed by atoms with van der Waals surface area (Å²) in [5.74, 6) is 1.11. The molecule has 0 saturated carbocycles. The second kappa shape index (κ2) is 10.7. The molecule has 1 saturated heterocycles. The molecule has 1 unspecified atom stereocenters. The second-order valence-corrected chi connectivity index (χ2v) is 8.16. The van der Waals surface area contributed by atoms with E-state index >= 15 is 0 Å². The van der Waals surface area contributed by atoms with Gasteiger partial charge in [0.25, 0.3) is 0 Å². The van der Waals surface area contributed by atoms with Gasteiger partial charge in [-0.15, -0.1) is 0 Å². The van der Waals surface area contributed by atoms with E-state index in [1.54, 1.807) is 18.2 Å². The Morgan fingerprint density at radius 2 is 1.90 bits per heavy atom. The molecule has 3 rings (SSSR count). The molecule has 0 spiro atoms. The molecule has 164 valence electrons. The number of piperidine rings is 1. The molecule has 1 aromatic carbocycles. The zero-order chi connectivity index (χ0) is 21.5. The van der Waals surface area contributed by atoms with E-state index in [-0.39, 0.29) is 18.0 Å². The molecule has 2 aliphatic rings. The van der Waals surface area contributed by atoms with Crippen molar-refractivity contribution in [1.29, 1.82) is 0 Å². The van der Waals surface area contributed by atoms with Gasteiger partial charge in [-0.25, -0.2) is 14.4 Å². The molecule has 0 aromatic heterocycles. The highest BCUT2D eigenvalue weighted by Crippen LogP contribution is 2.22. The molecule has 2 heterocycles. The third-order valence-electron chi connectivity index (χ3n) is 5.45. The lowest BCUT2D eigenvalue weighted by Crippen LogP contribution is -2.43. The first-order valence-corrected chi connectivity index (χ1v) is 11.1. The van der Waals surface area contributed by atoms with E-state index in [4.69, 9.17) is 9.98 Å². The Balaban J connectivity index is 1.68. The molecule has 2 aliphatic heterocycles. The summed E-state index contributed by atoms with van der Waals surface area (Å²) in [5.41, 5.74) is 1.21. The van der Waals surface area contributed by atoms with Crippen LogP contribution >= 0.6 is 0 Å². The summed E-state index contributed by atoms with van der Waals surface area (Å²) < 4.78 is 14.2. The number of hydrogen-bond acceptors (Lipinski definition) is 5. The molecule has 6 nitrogen and oxygen atoms in total. The normalized spacial score (nSPS) is 21.5. The maximum atomic E-state index is 14.2. The molecule has 1 atom stereocenters. The average molecular weight is 415 g/mol. The van der Waals surface area contributed by atoms with Gasteiger partial charge in [-0.2, -0.15) is 0 Å². The van der Waals surface area contributed by atoms with Crippen LogP contribution in [0.2, 0.25) is 0 Å². The summed E-state index contributed by atoms with van der Waals surface area (Å²) in [5, 5.41) is 6.67. The summed E-state index contributed by atoms with van der Waals surface area (Å²) in [4.78, 5) is 14.2. The van der Waals surface area contributed by atoms with Crippen molar-refractivity contribution in [2.75, 3.05) is 31.5 Å². The average Bonchev–Trinajstić information content (AvgIpc) is 3.07. The van der Waals surface area contributed by atoms with Gasteiger partial charge in [0.2, 0.25) is 5.96 Å². The van der Waals surface area contributed by atoms with Crippen molar-refractivity contribution in [2.24, 2.45) is 9.98 Å². The molecule has 1 fully saturated rings. The van der Waals surface area contributed by atoms with Crippen LogP contribution in [0.5, 0.6) is 0 Å². The number of guanidine groups is 1. The number of hydrogen-bond donors (Lipinski definition) is 2. The number of halogens is 1. The standard InChI is InChI=1S/C23H35FN6/c1-5-20-22(26-18(4)25-13-16-29-14-9-6-10-15-29)30(17(2)3)23(27-20)28-21-12-8-7-11-19(21)24/h5,7-8,11-12,17-18,25H,6,9-10,13-16H2,1-4H3,(H,27,28)/b20-5+,26-22+. The Morgan fingerprint density at radius 1 is 1.17 bits per heavy atom. The number of para-hydroxylation sites is 1.